The number of nitrogens with zero attached hydrogens (tertiary/aromatic N) is 4. The molecule has 0 radical (unpaired) electrons. The zero-order valence-electron chi connectivity index (χ0n) is 24.8. The van der Waals surface area contributed by atoms with Crippen LogP contribution in [0.1, 0.15) is 33.9 Å². The van der Waals surface area contributed by atoms with Crippen molar-refractivity contribution in [1.82, 2.24) is 51.2 Å². The molecule has 0 saturated carbocycles. The maximum absolute atomic E-state index is 4.88. The van der Waals surface area contributed by atoms with Crippen molar-refractivity contribution < 1.29 is 9.97 Å². The van der Waals surface area contributed by atoms with Gasteiger partial charge in [-0.15, -0.1) is 0 Å². The van der Waals surface area contributed by atoms with E-state index in [0.29, 0.717) is 13.1 Å². The summed E-state index contributed by atoms with van der Waals surface area (Å²) >= 11 is 0. The first-order chi connectivity index (χ1) is 21.8. The highest BCUT2D eigenvalue weighted by Crippen LogP contribution is 2.08. The number of nitrogens with one attached hydrogen (secondary N) is 10. The third-order valence-electron chi connectivity index (χ3n) is 6.88. The Labute approximate surface area is 256 Å². The summed E-state index contributed by atoms with van der Waals surface area (Å²) in [6.07, 6.45) is 18.0. The molecule has 14 nitrogen and oxygen atoms in total. The third-order valence-corrected chi connectivity index (χ3v) is 6.88. The summed E-state index contributed by atoms with van der Waals surface area (Å²) in [6.45, 7) is 4.09. The highest BCUT2D eigenvalue weighted by molar-refractivity contribution is 5.80. The van der Waals surface area contributed by atoms with Gasteiger partial charge < -0.3 is 31.2 Å². The fourth-order valence-electron chi connectivity index (χ4n) is 4.55. The first-order valence-electron chi connectivity index (χ1n) is 14.9. The fourth-order valence-corrected chi connectivity index (χ4v) is 4.55. The lowest BCUT2D eigenvalue weighted by atomic mass is 10.1. The number of aromatic nitrogens is 8. The second kappa shape index (κ2) is 16.9. The molecule has 1 aromatic carbocycles. The molecule has 0 bridgehead atoms. The molecule has 0 aliphatic carbocycles. The minimum absolute atomic E-state index is 0.546. The molecule has 0 fully saturated rings. The van der Waals surface area contributed by atoms with Crippen LogP contribution in [0.4, 0.5) is 0 Å². The first kappa shape index (κ1) is 30.1. The van der Waals surface area contributed by atoms with Crippen LogP contribution in [0.3, 0.4) is 0 Å². The second-order valence-corrected chi connectivity index (χ2v) is 10.3. The van der Waals surface area contributed by atoms with E-state index in [0.717, 1.165) is 97.7 Å². The topological polar surface area (TPSA) is 190 Å². The summed E-state index contributed by atoms with van der Waals surface area (Å²) in [5.41, 5.74) is 6.68. The predicted molar refractivity (Wildman–Crippen MR) is 167 cm³/mol. The summed E-state index contributed by atoms with van der Waals surface area (Å²) in [7, 11) is 0. The van der Waals surface area contributed by atoms with Crippen molar-refractivity contribution >= 4 is 11.9 Å². The van der Waals surface area contributed by atoms with Gasteiger partial charge in [-0.3, -0.25) is 9.97 Å². The van der Waals surface area contributed by atoms with Gasteiger partial charge in [0.15, 0.2) is 11.9 Å². The van der Waals surface area contributed by atoms with Crippen molar-refractivity contribution in [3.63, 3.8) is 0 Å². The van der Waals surface area contributed by atoms with Gasteiger partial charge >= 0.3 is 0 Å². The molecule has 5 rings (SSSR count). The molecule has 4 aromatic heterocycles. The van der Waals surface area contributed by atoms with Gasteiger partial charge in [0.05, 0.1) is 25.7 Å². The Kier molecular flexibility index (Phi) is 11.5. The molecule has 0 amide bonds. The maximum atomic E-state index is 4.88. The number of H-pyrrole nitrogens is 6. The summed E-state index contributed by atoms with van der Waals surface area (Å²) in [6, 6.07) is 8.43. The monoisotopic (exact) mass is 598 g/mol. The van der Waals surface area contributed by atoms with Crippen LogP contribution >= 0.6 is 0 Å². The number of hydrogen-bond donors (Lipinski definition) is 8. The summed E-state index contributed by atoms with van der Waals surface area (Å²) < 4.78 is 0. The lowest BCUT2D eigenvalue weighted by Crippen LogP contribution is -2.39. The Morgan fingerprint density at radius 3 is 1.45 bits per heavy atom. The van der Waals surface area contributed by atoms with Crippen LogP contribution < -0.4 is 31.2 Å². The highest BCUT2D eigenvalue weighted by Gasteiger charge is 2.06. The molecule has 44 heavy (non-hydrogen) atoms. The molecular weight excluding hydrogens is 556 g/mol. The minimum atomic E-state index is 0.546. The van der Waals surface area contributed by atoms with Crippen molar-refractivity contribution in [2.24, 2.45) is 9.98 Å². The SMILES string of the molecule is c1cc(CN=C(NCCc2cnc[nH]2)NCCc2cnc[nH]2)cc(CN=C(NCCc2c[nH+]c[nH]2)NCCc2c[nH+]c[nH]2)c1. The molecule has 10 N–H and O–H groups in total. The highest BCUT2D eigenvalue weighted by atomic mass is 15.2. The zero-order valence-corrected chi connectivity index (χ0v) is 24.8. The number of aromatic amines is 6. The molecule has 0 saturated heterocycles. The predicted octanol–water partition coefficient (Wildman–Crippen LogP) is 0.458. The van der Waals surface area contributed by atoms with Crippen LogP contribution in [-0.4, -0.2) is 68.0 Å². The molecule has 14 heteroatoms. The van der Waals surface area contributed by atoms with E-state index in [2.05, 4.69) is 85.4 Å². The van der Waals surface area contributed by atoms with Crippen LogP contribution in [-0.2, 0) is 38.8 Å². The number of rotatable bonds is 16. The third kappa shape index (κ3) is 10.5. The standard InChI is InChI=1S/C30H40N14/c1-2-23(13-39-29(35-8-4-25-15-31-19-41-25)36-9-5-26-16-32-20-42-26)12-24(3-1)14-40-30(37-10-6-27-17-33-21-43-27)38-11-7-28-18-34-22-44-28/h1-3,12,15-22H,4-11,13-14H2,(H,31,41)(H,32,42)(H,33,43)(H,34,44)(H2,35,36,39)(H2,37,38,40)/p+2. The average molecular weight is 599 g/mol. The molecule has 0 aliphatic heterocycles. The Balaban J connectivity index is 1.17. The van der Waals surface area contributed by atoms with Gasteiger partial charge in [0.1, 0.15) is 23.8 Å². The van der Waals surface area contributed by atoms with Crippen molar-refractivity contribution in [1.29, 1.82) is 0 Å². The van der Waals surface area contributed by atoms with Gasteiger partial charge in [-0.25, -0.2) is 29.9 Å². The Hall–Kier alpha value is -5.40. The van der Waals surface area contributed by atoms with E-state index in [4.69, 9.17) is 9.98 Å². The second-order valence-electron chi connectivity index (χ2n) is 10.3. The number of hydrogen-bond acceptors (Lipinski definition) is 4. The van der Waals surface area contributed by atoms with Crippen LogP contribution in [0.2, 0.25) is 0 Å². The van der Waals surface area contributed by atoms with Crippen molar-refractivity contribution in [2.75, 3.05) is 26.2 Å². The summed E-state index contributed by atoms with van der Waals surface area (Å²) in [5, 5.41) is 13.8. The zero-order chi connectivity index (χ0) is 30.1. The normalized spacial score (nSPS) is 10.7. The van der Waals surface area contributed by atoms with Gasteiger partial charge in [0, 0.05) is 75.6 Å². The van der Waals surface area contributed by atoms with Crippen LogP contribution in [0.5, 0.6) is 0 Å². The van der Waals surface area contributed by atoms with E-state index >= 15 is 0 Å². The fraction of sp³-hybridized carbons (Fsp3) is 0.333. The molecular formula is C30H42N14+2. The smallest absolute Gasteiger partial charge is 0.239 e. The Morgan fingerprint density at radius 2 is 1.07 bits per heavy atom. The van der Waals surface area contributed by atoms with Crippen LogP contribution in [0.15, 0.2) is 84.3 Å². The molecule has 0 atom stereocenters. The lowest BCUT2D eigenvalue weighted by molar-refractivity contribution is -0.376. The minimum Gasteiger partial charge on any atom is -0.356 e. The largest absolute Gasteiger partial charge is 0.356 e. The van der Waals surface area contributed by atoms with Crippen molar-refractivity contribution in [3.05, 3.63) is 108 Å². The summed E-state index contributed by atoms with van der Waals surface area (Å²) in [4.78, 5) is 36.8. The molecule has 0 unspecified atom stereocenters. The molecule has 0 spiro atoms. The number of guanidine groups is 2. The van der Waals surface area contributed by atoms with E-state index in [1.165, 1.54) is 0 Å². The summed E-state index contributed by atoms with van der Waals surface area (Å²) in [5.74, 6) is 1.55. The number of imidazole rings is 4. The van der Waals surface area contributed by atoms with E-state index in [-0.39, 0.29) is 0 Å². The van der Waals surface area contributed by atoms with Gasteiger partial charge in [0.25, 0.3) is 0 Å². The maximum Gasteiger partial charge on any atom is 0.239 e. The number of benzene rings is 1. The average Bonchev–Trinajstić information content (AvgIpc) is 3.88. The number of aliphatic imine (C=N–C) groups is 2. The van der Waals surface area contributed by atoms with Crippen molar-refractivity contribution in [2.45, 2.75) is 38.8 Å². The molecule has 230 valence electrons. The van der Waals surface area contributed by atoms with Gasteiger partial charge in [-0.05, 0) is 11.1 Å². The molecule has 4 heterocycles. The van der Waals surface area contributed by atoms with Crippen molar-refractivity contribution in [3.8, 4) is 0 Å². The first-order valence-corrected chi connectivity index (χ1v) is 14.9. The van der Waals surface area contributed by atoms with Gasteiger partial charge in [-0.2, -0.15) is 0 Å². The molecule has 5 aromatic rings. The van der Waals surface area contributed by atoms with E-state index in [9.17, 15) is 0 Å². The lowest BCUT2D eigenvalue weighted by Gasteiger charge is -2.13. The Bertz CT molecular complexity index is 1310. The Morgan fingerprint density at radius 1 is 0.614 bits per heavy atom. The quantitative estimate of drug-likeness (QED) is 0.0601. The van der Waals surface area contributed by atoms with E-state index in [1.54, 1.807) is 12.7 Å². The van der Waals surface area contributed by atoms with Gasteiger partial charge in [-0.1, -0.05) is 24.3 Å². The van der Waals surface area contributed by atoms with E-state index < -0.39 is 0 Å². The molecule has 0 aliphatic rings. The van der Waals surface area contributed by atoms with Crippen LogP contribution in [0, 0.1) is 0 Å². The van der Waals surface area contributed by atoms with Gasteiger partial charge in [0.2, 0.25) is 12.7 Å². The van der Waals surface area contributed by atoms with Crippen LogP contribution in [0.25, 0.3) is 0 Å². The van der Waals surface area contributed by atoms with E-state index in [1.807, 2.05) is 37.4 Å².